The average Bonchev–Trinajstić information content (AvgIpc) is 2.97. The second kappa shape index (κ2) is 22.4. The number of benzene rings is 1. The van der Waals surface area contributed by atoms with Crippen LogP contribution in [0.1, 0.15) is 57.7 Å². The van der Waals surface area contributed by atoms with Gasteiger partial charge in [0.25, 0.3) is 0 Å². The molecule has 0 fully saturated rings. The molecule has 12 heteroatoms. The predicted molar refractivity (Wildman–Crippen MR) is 194 cm³/mol. The van der Waals surface area contributed by atoms with Crippen LogP contribution in [0.25, 0.3) is 0 Å². The van der Waals surface area contributed by atoms with Crippen LogP contribution >= 0.6 is 0 Å². The molecule has 0 heterocycles. The van der Waals surface area contributed by atoms with Gasteiger partial charge in [0.2, 0.25) is 0 Å². The van der Waals surface area contributed by atoms with Crippen molar-refractivity contribution < 1.29 is 22.1 Å². The van der Waals surface area contributed by atoms with E-state index in [4.69, 9.17) is 22.1 Å². The van der Waals surface area contributed by atoms with Crippen molar-refractivity contribution in [2.45, 2.75) is 105 Å². The number of hydrogen-bond acceptors (Lipinski definition) is 7. The fourth-order valence-electron chi connectivity index (χ4n) is 6.03. The van der Waals surface area contributed by atoms with E-state index in [-0.39, 0.29) is 0 Å². The van der Waals surface area contributed by atoms with Crippen LogP contribution in [0.2, 0.25) is 44.3 Å². The lowest BCUT2D eigenvalue weighted by atomic mass is 9.97. The van der Waals surface area contributed by atoms with Crippen molar-refractivity contribution in [2.75, 3.05) is 64.7 Å². The normalized spacial score (nSPS) is 12.3. The highest BCUT2D eigenvalue weighted by molar-refractivity contribution is 6.76. The number of rotatable bonds is 25. The van der Waals surface area contributed by atoms with E-state index in [0.717, 1.165) is 60.3 Å². The largest absolute Gasteiger partial charge is 0.500 e. The van der Waals surface area contributed by atoms with Gasteiger partial charge in [-0.2, -0.15) is 0 Å². The van der Waals surface area contributed by atoms with Crippen LogP contribution < -0.4 is 20.6 Å². The van der Waals surface area contributed by atoms with Crippen molar-refractivity contribution in [1.29, 1.82) is 0 Å². The molecule has 0 saturated heterocycles. The summed E-state index contributed by atoms with van der Waals surface area (Å²) >= 11 is 0. The Morgan fingerprint density at radius 2 is 1.35 bits per heavy atom. The zero-order chi connectivity index (χ0) is 32.4. The summed E-state index contributed by atoms with van der Waals surface area (Å²) < 4.78 is 29.5. The van der Waals surface area contributed by atoms with E-state index in [1.165, 1.54) is 23.7 Å². The molecule has 0 unspecified atom stereocenters. The summed E-state index contributed by atoms with van der Waals surface area (Å²) in [4.78, 5) is 2.62. The highest BCUT2D eigenvalue weighted by Gasteiger charge is 2.39. The Balaban J connectivity index is 3.14. The van der Waals surface area contributed by atoms with Gasteiger partial charge in [-0.25, -0.2) is 0 Å². The first kappa shape index (κ1) is 40.9. The van der Waals surface area contributed by atoms with Crippen LogP contribution in [-0.2, 0) is 35.0 Å². The molecule has 0 aromatic heterocycles. The molecule has 0 saturated carbocycles. The number of hydrogen-bond donors (Lipinski definition) is 1. The van der Waals surface area contributed by atoms with Crippen LogP contribution in [0.4, 0.5) is 5.69 Å². The van der Waals surface area contributed by atoms with E-state index in [1.54, 1.807) is 35.7 Å². The fourth-order valence-corrected chi connectivity index (χ4v) is 14.2. The van der Waals surface area contributed by atoms with Crippen LogP contribution in [0.15, 0.2) is 0 Å². The summed E-state index contributed by atoms with van der Waals surface area (Å²) in [5, 5.41) is 7.11. The van der Waals surface area contributed by atoms with E-state index in [9.17, 15) is 0 Å². The minimum Gasteiger partial charge on any atom is -0.397 e. The summed E-state index contributed by atoms with van der Waals surface area (Å²) in [6, 6.07) is 3.09. The maximum absolute atomic E-state index is 6.03. The molecule has 0 aliphatic carbocycles. The standard InChI is InChI=1S/C31H63N2O5Si5/c1-13-33(14-2)29-26(6)27(20-23-42(34-7)35-8)30(40(9)10)28(31(29)41(11)12)19-22-39-25-32-21-18-24-43(36-15-3,37-16-4)38-17-5/h32H,13-25H2,1-12H3. The number of nitrogens with one attached hydrogen (secondary N) is 1. The molecular formula is C31H63N2O5Si5. The third-order valence-electron chi connectivity index (χ3n) is 7.80. The van der Waals surface area contributed by atoms with Gasteiger partial charge in [-0.15, -0.1) is 0 Å². The lowest BCUT2D eigenvalue weighted by molar-refractivity contribution is 0.0708. The van der Waals surface area contributed by atoms with Crippen molar-refractivity contribution in [3.8, 4) is 0 Å². The van der Waals surface area contributed by atoms with Crippen LogP contribution in [0.3, 0.4) is 0 Å². The van der Waals surface area contributed by atoms with E-state index in [2.05, 4.69) is 57.2 Å². The summed E-state index contributed by atoms with van der Waals surface area (Å²) in [6.07, 6.45) is 4.31. The molecule has 1 N–H and O–H groups in total. The predicted octanol–water partition coefficient (Wildman–Crippen LogP) is 4.74. The highest BCUT2D eigenvalue weighted by atomic mass is 28.4. The minimum atomic E-state index is -2.55. The van der Waals surface area contributed by atoms with E-state index in [1.807, 2.05) is 20.8 Å². The zero-order valence-corrected chi connectivity index (χ0v) is 34.7. The third-order valence-corrected chi connectivity index (χ3v) is 16.8. The molecule has 0 aliphatic rings. The molecule has 0 aliphatic heterocycles. The van der Waals surface area contributed by atoms with Gasteiger partial charge in [-0.3, -0.25) is 0 Å². The lowest BCUT2D eigenvalue weighted by Gasteiger charge is -2.34. The molecule has 247 valence electrons. The topological polar surface area (TPSA) is 61.4 Å². The summed E-state index contributed by atoms with van der Waals surface area (Å²) in [6.45, 7) is 28.0. The van der Waals surface area contributed by atoms with Gasteiger partial charge in [-0.05, 0) is 101 Å². The Labute approximate surface area is 274 Å². The molecule has 7 nitrogen and oxygen atoms in total. The maximum Gasteiger partial charge on any atom is 0.500 e. The van der Waals surface area contributed by atoms with Gasteiger partial charge < -0.3 is 32.3 Å². The molecular weight excluding hydrogens is 621 g/mol. The van der Waals surface area contributed by atoms with Gasteiger partial charge in [0.15, 0.2) is 0 Å². The first-order chi connectivity index (χ1) is 20.6. The quantitative estimate of drug-likeness (QED) is 0.118. The minimum absolute atomic E-state index is 0.638. The van der Waals surface area contributed by atoms with Gasteiger partial charge in [0, 0.05) is 58.9 Å². The van der Waals surface area contributed by atoms with E-state index in [0.29, 0.717) is 19.8 Å². The van der Waals surface area contributed by atoms with E-state index >= 15 is 0 Å². The molecule has 5 radical (unpaired) electrons. The highest BCUT2D eigenvalue weighted by Crippen LogP contribution is 2.27. The Bertz CT molecular complexity index is 885. The van der Waals surface area contributed by atoms with Crippen LogP contribution in [0, 0.1) is 6.92 Å². The fraction of sp³-hybridized carbons (Fsp3) is 0.806. The Morgan fingerprint density at radius 1 is 0.791 bits per heavy atom. The van der Waals surface area contributed by atoms with Crippen molar-refractivity contribution in [3.63, 3.8) is 0 Å². The van der Waals surface area contributed by atoms with Crippen LogP contribution in [-0.4, -0.2) is 105 Å². The molecule has 1 aromatic rings. The second-order valence-corrected chi connectivity index (χ2v) is 22.3. The van der Waals surface area contributed by atoms with Gasteiger partial charge in [-0.1, -0.05) is 37.4 Å². The smallest absolute Gasteiger partial charge is 0.397 e. The SMILES string of the molecule is CCO[Si](CCCNC[Si]CCc1c([Si](C)C)c(CC[Si](OC)OC)c(C)c(N(CC)CC)c1[Si](C)C)(OCC)OCC. The molecule has 1 aromatic carbocycles. The maximum atomic E-state index is 6.03. The zero-order valence-electron chi connectivity index (χ0n) is 29.7. The molecule has 0 atom stereocenters. The number of anilines is 1. The van der Waals surface area contributed by atoms with Crippen molar-refractivity contribution in [1.82, 2.24) is 5.32 Å². The molecule has 1 rings (SSSR count). The van der Waals surface area contributed by atoms with Crippen molar-refractivity contribution in [3.05, 3.63) is 16.7 Å². The Kier molecular flexibility index (Phi) is 21.3. The summed E-state index contributed by atoms with van der Waals surface area (Å²) in [5.74, 6) is 0. The average molecular weight is 684 g/mol. The second-order valence-electron chi connectivity index (χ2n) is 11.1. The van der Waals surface area contributed by atoms with Gasteiger partial charge in [0.1, 0.15) is 0 Å². The number of nitrogens with zero attached hydrogens (tertiary/aromatic N) is 1. The van der Waals surface area contributed by atoms with Crippen molar-refractivity contribution >= 4 is 61.3 Å². The molecule has 43 heavy (non-hydrogen) atoms. The lowest BCUT2D eigenvalue weighted by Crippen LogP contribution is -2.46. The first-order valence-corrected chi connectivity index (χ1v) is 26.3. The van der Waals surface area contributed by atoms with Crippen molar-refractivity contribution in [2.24, 2.45) is 0 Å². The van der Waals surface area contributed by atoms with E-state index < -0.39 is 35.7 Å². The van der Waals surface area contributed by atoms with Gasteiger partial charge in [0.05, 0.1) is 27.1 Å². The Morgan fingerprint density at radius 3 is 1.81 bits per heavy atom. The van der Waals surface area contributed by atoms with Gasteiger partial charge >= 0.3 is 18.1 Å². The third kappa shape index (κ3) is 12.5. The summed E-state index contributed by atoms with van der Waals surface area (Å²) in [5.41, 5.74) is 6.33. The summed E-state index contributed by atoms with van der Waals surface area (Å²) in [7, 11) is -0.623. The first-order valence-electron chi connectivity index (χ1n) is 16.4. The molecule has 0 spiro atoms. The van der Waals surface area contributed by atoms with Crippen LogP contribution in [0.5, 0.6) is 0 Å². The molecule has 0 amide bonds. The Hall–Kier alpha value is -0.136. The molecule has 0 bridgehead atoms. The monoisotopic (exact) mass is 683 g/mol.